The minimum absolute atomic E-state index is 0.0443. The first kappa shape index (κ1) is 13.3. The number of hydrogen-bond donors (Lipinski definition) is 2. The van der Waals surface area contributed by atoms with Crippen LogP contribution in [-0.2, 0) is 9.59 Å². The first-order valence-electron chi connectivity index (χ1n) is 6.74. The molecule has 5 nitrogen and oxygen atoms in total. The second-order valence-corrected chi connectivity index (χ2v) is 5.65. The maximum Gasteiger partial charge on any atom is 0.306 e. The summed E-state index contributed by atoms with van der Waals surface area (Å²) in [5, 5.41) is 12.2. The van der Waals surface area contributed by atoms with Crippen molar-refractivity contribution in [3.8, 4) is 0 Å². The molecule has 0 spiro atoms. The number of carboxylic acid groups (broad SMARTS) is 1. The van der Waals surface area contributed by atoms with Crippen LogP contribution in [0.2, 0.25) is 0 Å². The molecule has 0 bridgehead atoms. The number of aliphatic carboxylic acids is 1. The fourth-order valence-corrected chi connectivity index (χ4v) is 2.85. The molecule has 3 atom stereocenters. The summed E-state index contributed by atoms with van der Waals surface area (Å²) in [5.41, 5.74) is 0. The Balaban J connectivity index is 1.93. The Morgan fingerprint density at radius 3 is 2.50 bits per heavy atom. The largest absolute Gasteiger partial charge is 0.481 e. The van der Waals surface area contributed by atoms with Gasteiger partial charge in [-0.25, -0.2) is 0 Å². The quantitative estimate of drug-likeness (QED) is 0.772. The number of likely N-dealkylation sites (tertiary alicyclic amines) is 1. The Kier molecular flexibility index (Phi) is 3.90. The Morgan fingerprint density at radius 2 is 2.06 bits per heavy atom. The normalized spacial score (nSPS) is 30.7. The van der Waals surface area contributed by atoms with Gasteiger partial charge in [0, 0.05) is 18.5 Å². The Bertz CT molecular complexity index is 341. The number of piperidine rings is 1. The van der Waals surface area contributed by atoms with Gasteiger partial charge in [-0.1, -0.05) is 6.92 Å². The second kappa shape index (κ2) is 5.26. The molecule has 0 aromatic carbocycles. The highest BCUT2D eigenvalue weighted by Crippen LogP contribution is 2.27. The number of nitrogens with one attached hydrogen (secondary N) is 1. The molecule has 1 amide bonds. The van der Waals surface area contributed by atoms with Crippen LogP contribution in [0.5, 0.6) is 0 Å². The van der Waals surface area contributed by atoms with E-state index in [1.54, 1.807) is 0 Å². The van der Waals surface area contributed by atoms with E-state index in [1.165, 1.54) is 0 Å². The van der Waals surface area contributed by atoms with Crippen LogP contribution in [0.25, 0.3) is 0 Å². The highest BCUT2D eigenvalue weighted by atomic mass is 16.4. The lowest BCUT2D eigenvalue weighted by Crippen LogP contribution is -2.53. The van der Waals surface area contributed by atoms with E-state index in [2.05, 4.69) is 5.32 Å². The number of carboxylic acids is 1. The van der Waals surface area contributed by atoms with Crippen LogP contribution in [0.3, 0.4) is 0 Å². The Labute approximate surface area is 108 Å². The van der Waals surface area contributed by atoms with Crippen molar-refractivity contribution < 1.29 is 14.7 Å². The van der Waals surface area contributed by atoms with E-state index in [0.717, 1.165) is 13.1 Å². The van der Waals surface area contributed by atoms with E-state index >= 15 is 0 Å². The number of hydrogen-bond acceptors (Lipinski definition) is 3. The van der Waals surface area contributed by atoms with Crippen LogP contribution in [0.1, 0.15) is 26.7 Å². The van der Waals surface area contributed by atoms with Gasteiger partial charge in [0.15, 0.2) is 0 Å². The number of carbonyl (C=O) groups excluding carboxylic acids is 1. The highest BCUT2D eigenvalue weighted by molar-refractivity contribution is 5.80. The summed E-state index contributed by atoms with van der Waals surface area (Å²) in [7, 11) is 0. The molecule has 0 aliphatic carbocycles. The lowest BCUT2D eigenvalue weighted by molar-refractivity contribution is -0.149. The van der Waals surface area contributed by atoms with Gasteiger partial charge in [-0.15, -0.1) is 0 Å². The zero-order chi connectivity index (χ0) is 13.3. The summed E-state index contributed by atoms with van der Waals surface area (Å²) in [5.74, 6) is -0.329. The molecule has 2 saturated heterocycles. The average molecular weight is 254 g/mol. The monoisotopic (exact) mass is 254 g/mol. The van der Waals surface area contributed by atoms with Crippen LogP contribution in [0, 0.1) is 17.8 Å². The van der Waals surface area contributed by atoms with E-state index in [4.69, 9.17) is 5.11 Å². The van der Waals surface area contributed by atoms with Crippen molar-refractivity contribution in [1.82, 2.24) is 10.2 Å². The molecule has 5 heteroatoms. The molecule has 2 N–H and O–H groups in total. The predicted octanol–water partition coefficient (Wildman–Crippen LogP) is 0.554. The minimum atomic E-state index is -0.731. The van der Waals surface area contributed by atoms with Crippen molar-refractivity contribution >= 4 is 11.9 Å². The molecule has 0 aromatic heterocycles. The molecule has 0 aromatic rings. The third-order valence-electron chi connectivity index (χ3n) is 4.42. The summed E-state index contributed by atoms with van der Waals surface area (Å²) in [6.07, 6.45) is 1.16. The third-order valence-corrected chi connectivity index (χ3v) is 4.42. The standard InChI is InChI=1S/C13H22N2O3/c1-8-5-10(13(17)18)3-4-15(8)12(16)9(2)11-6-14-7-11/h8-11,14H,3-7H2,1-2H3,(H,17,18). The number of carbonyl (C=O) groups is 2. The average Bonchev–Trinajstić information content (AvgIpc) is 2.25. The van der Waals surface area contributed by atoms with Crippen LogP contribution < -0.4 is 5.32 Å². The van der Waals surface area contributed by atoms with E-state index in [1.807, 2.05) is 18.7 Å². The highest BCUT2D eigenvalue weighted by Gasteiger charge is 2.37. The van der Waals surface area contributed by atoms with Gasteiger partial charge < -0.3 is 15.3 Å². The predicted molar refractivity (Wildman–Crippen MR) is 67.1 cm³/mol. The first-order chi connectivity index (χ1) is 8.50. The van der Waals surface area contributed by atoms with Gasteiger partial charge in [0.1, 0.15) is 0 Å². The third kappa shape index (κ3) is 2.51. The van der Waals surface area contributed by atoms with Crippen molar-refractivity contribution in [1.29, 1.82) is 0 Å². The molecule has 2 heterocycles. The molecular weight excluding hydrogens is 232 g/mol. The zero-order valence-electron chi connectivity index (χ0n) is 11.1. The van der Waals surface area contributed by atoms with Crippen molar-refractivity contribution in [3.05, 3.63) is 0 Å². The van der Waals surface area contributed by atoms with Gasteiger partial charge in [-0.05, 0) is 38.8 Å². The lowest BCUT2D eigenvalue weighted by Gasteiger charge is -2.40. The van der Waals surface area contributed by atoms with Gasteiger partial charge in [-0.3, -0.25) is 9.59 Å². The van der Waals surface area contributed by atoms with Gasteiger partial charge in [0.2, 0.25) is 5.91 Å². The zero-order valence-corrected chi connectivity index (χ0v) is 11.1. The fourth-order valence-electron chi connectivity index (χ4n) is 2.85. The van der Waals surface area contributed by atoms with Crippen molar-refractivity contribution in [2.75, 3.05) is 19.6 Å². The molecule has 0 saturated carbocycles. The van der Waals surface area contributed by atoms with Crippen molar-refractivity contribution in [2.45, 2.75) is 32.7 Å². The molecule has 2 aliphatic rings. The van der Waals surface area contributed by atoms with Crippen LogP contribution in [0.4, 0.5) is 0 Å². The van der Waals surface area contributed by atoms with Gasteiger partial charge >= 0.3 is 5.97 Å². The van der Waals surface area contributed by atoms with E-state index < -0.39 is 5.97 Å². The topological polar surface area (TPSA) is 69.6 Å². The first-order valence-corrected chi connectivity index (χ1v) is 6.74. The molecule has 2 rings (SSSR count). The number of nitrogens with zero attached hydrogens (tertiary/aromatic N) is 1. The maximum atomic E-state index is 12.4. The summed E-state index contributed by atoms with van der Waals surface area (Å²) in [4.78, 5) is 25.2. The van der Waals surface area contributed by atoms with Gasteiger partial charge in [-0.2, -0.15) is 0 Å². The Hall–Kier alpha value is -1.10. The SMILES string of the molecule is CC(C(=O)N1CCC(C(=O)O)CC1C)C1CNC1. The maximum absolute atomic E-state index is 12.4. The summed E-state index contributed by atoms with van der Waals surface area (Å²) >= 11 is 0. The number of amides is 1. The lowest BCUT2D eigenvalue weighted by atomic mass is 9.85. The molecule has 3 unspecified atom stereocenters. The van der Waals surface area contributed by atoms with E-state index in [0.29, 0.717) is 25.3 Å². The second-order valence-electron chi connectivity index (χ2n) is 5.65. The molecule has 2 aliphatic heterocycles. The van der Waals surface area contributed by atoms with Crippen molar-refractivity contribution in [2.24, 2.45) is 17.8 Å². The summed E-state index contributed by atoms with van der Waals surface area (Å²) in [6, 6.07) is 0.0443. The molecule has 0 radical (unpaired) electrons. The van der Waals surface area contributed by atoms with Crippen molar-refractivity contribution in [3.63, 3.8) is 0 Å². The minimum Gasteiger partial charge on any atom is -0.481 e. The molecule has 102 valence electrons. The van der Waals surface area contributed by atoms with Crippen LogP contribution >= 0.6 is 0 Å². The van der Waals surface area contributed by atoms with Crippen LogP contribution in [-0.4, -0.2) is 47.6 Å². The van der Waals surface area contributed by atoms with E-state index in [9.17, 15) is 9.59 Å². The smallest absolute Gasteiger partial charge is 0.306 e. The van der Waals surface area contributed by atoms with E-state index in [-0.39, 0.29) is 23.8 Å². The molecular formula is C13H22N2O3. The van der Waals surface area contributed by atoms with Gasteiger partial charge in [0.25, 0.3) is 0 Å². The summed E-state index contributed by atoms with van der Waals surface area (Å²) in [6.45, 7) is 6.38. The molecule has 18 heavy (non-hydrogen) atoms. The fraction of sp³-hybridized carbons (Fsp3) is 0.846. The van der Waals surface area contributed by atoms with Gasteiger partial charge in [0.05, 0.1) is 5.92 Å². The van der Waals surface area contributed by atoms with Crippen LogP contribution in [0.15, 0.2) is 0 Å². The Morgan fingerprint density at radius 1 is 1.39 bits per heavy atom. The molecule has 2 fully saturated rings. The summed E-state index contributed by atoms with van der Waals surface area (Å²) < 4.78 is 0. The number of rotatable bonds is 3.